The fourth-order valence-corrected chi connectivity index (χ4v) is 0.791. The first kappa shape index (κ1) is 5.10. The lowest BCUT2D eigenvalue weighted by Gasteiger charge is -1.91. The van der Waals surface area contributed by atoms with E-state index in [2.05, 4.69) is 20.8 Å². The SMILES string of the molecule is C[C](C)C1OC1C. The molecule has 2 unspecified atom stereocenters. The van der Waals surface area contributed by atoms with Crippen molar-refractivity contribution >= 4 is 0 Å². The third-order valence-electron chi connectivity index (χ3n) is 1.28. The average molecular weight is 99.2 g/mol. The van der Waals surface area contributed by atoms with Gasteiger partial charge < -0.3 is 4.74 Å². The molecule has 1 saturated heterocycles. The Hall–Kier alpha value is -0.0400. The number of epoxide rings is 1. The fourth-order valence-electron chi connectivity index (χ4n) is 0.791. The van der Waals surface area contributed by atoms with E-state index in [1.807, 2.05) is 0 Å². The van der Waals surface area contributed by atoms with Gasteiger partial charge in [-0.1, -0.05) is 13.8 Å². The van der Waals surface area contributed by atoms with E-state index in [9.17, 15) is 0 Å². The van der Waals surface area contributed by atoms with Gasteiger partial charge in [0.1, 0.15) is 0 Å². The molecule has 1 heteroatoms. The van der Waals surface area contributed by atoms with Crippen molar-refractivity contribution in [2.45, 2.75) is 33.0 Å². The predicted octanol–water partition coefficient (Wildman–Crippen LogP) is 1.39. The average Bonchev–Trinajstić information content (AvgIpc) is 2.17. The fraction of sp³-hybridized carbons (Fsp3) is 0.833. The van der Waals surface area contributed by atoms with E-state index in [-0.39, 0.29) is 0 Å². The van der Waals surface area contributed by atoms with E-state index in [1.54, 1.807) is 0 Å². The lowest BCUT2D eigenvalue weighted by atomic mass is 10.1. The summed E-state index contributed by atoms with van der Waals surface area (Å²) in [5.74, 6) is 1.40. The molecule has 7 heavy (non-hydrogen) atoms. The smallest absolute Gasteiger partial charge is 0.0895 e. The Morgan fingerprint density at radius 2 is 1.86 bits per heavy atom. The Balaban J connectivity index is 2.20. The largest absolute Gasteiger partial charge is 0.369 e. The van der Waals surface area contributed by atoms with Gasteiger partial charge in [0.25, 0.3) is 0 Å². The second kappa shape index (κ2) is 1.48. The Bertz CT molecular complexity index is 68.6. The molecule has 0 saturated carbocycles. The van der Waals surface area contributed by atoms with Gasteiger partial charge >= 0.3 is 0 Å². The molecule has 0 amide bonds. The number of rotatable bonds is 1. The number of hydrogen-bond donors (Lipinski definition) is 0. The Morgan fingerprint density at radius 1 is 1.43 bits per heavy atom. The van der Waals surface area contributed by atoms with Crippen LogP contribution in [0.25, 0.3) is 0 Å². The molecule has 0 aromatic heterocycles. The van der Waals surface area contributed by atoms with Crippen molar-refractivity contribution in [2.75, 3.05) is 0 Å². The summed E-state index contributed by atoms with van der Waals surface area (Å²) in [6.07, 6.45) is 0.991. The Morgan fingerprint density at radius 3 is 1.86 bits per heavy atom. The van der Waals surface area contributed by atoms with Crippen LogP contribution in [0.15, 0.2) is 0 Å². The maximum absolute atomic E-state index is 5.14. The lowest BCUT2D eigenvalue weighted by molar-refractivity contribution is 0.384. The molecule has 1 fully saturated rings. The number of ether oxygens (including phenoxy) is 1. The maximum Gasteiger partial charge on any atom is 0.0895 e. The van der Waals surface area contributed by atoms with Gasteiger partial charge in [-0.05, 0) is 6.92 Å². The molecule has 1 aliphatic rings. The van der Waals surface area contributed by atoms with Gasteiger partial charge in [0, 0.05) is 5.92 Å². The summed E-state index contributed by atoms with van der Waals surface area (Å²) in [7, 11) is 0. The van der Waals surface area contributed by atoms with Gasteiger partial charge in [-0.3, -0.25) is 0 Å². The first-order valence-corrected chi connectivity index (χ1v) is 2.67. The zero-order chi connectivity index (χ0) is 5.44. The molecule has 2 atom stereocenters. The third-order valence-corrected chi connectivity index (χ3v) is 1.28. The van der Waals surface area contributed by atoms with Crippen molar-refractivity contribution in [3.05, 3.63) is 5.92 Å². The summed E-state index contributed by atoms with van der Waals surface area (Å²) in [4.78, 5) is 0. The van der Waals surface area contributed by atoms with E-state index >= 15 is 0 Å². The molecule has 1 heterocycles. The molecule has 0 bridgehead atoms. The topological polar surface area (TPSA) is 12.5 Å². The van der Waals surface area contributed by atoms with Crippen LogP contribution < -0.4 is 0 Å². The summed E-state index contributed by atoms with van der Waals surface area (Å²) in [6.45, 7) is 6.31. The quantitative estimate of drug-likeness (QED) is 0.452. The molecule has 0 aromatic carbocycles. The van der Waals surface area contributed by atoms with Gasteiger partial charge in [0.2, 0.25) is 0 Å². The summed E-state index contributed by atoms with van der Waals surface area (Å²) in [5, 5.41) is 0. The van der Waals surface area contributed by atoms with Gasteiger partial charge in [0.05, 0.1) is 12.2 Å². The molecule has 0 spiro atoms. The lowest BCUT2D eigenvalue weighted by Crippen LogP contribution is -1.95. The summed E-state index contributed by atoms with van der Waals surface area (Å²) < 4.78 is 5.14. The first-order chi connectivity index (χ1) is 3.22. The van der Waals surface area contributed by atoms with Crippen LogP contribution >= 0.6 is 0 Å². The van der Waals surface area contributed by atoms with E-state index < -0.39 is 0 Å². The maximum atomic E-state index is 5.14. The minimum atomic E-state index is 0.486. The molecular weight excluding hydrogens is 88.1 g/mol. The zero-order valence-corrected chi connectivity index (χ0v) is 5.06. The van der Waals surface area contributed by atoms with Crippen LogP contribution in [0.4, 0.5) is 0 Å². The van der Waals surface area contributed by atoms with E-state index in [0.717, 1.165) is 0 Å². The summed E-state index contributed by atoms with van der Waals surface area (Å²) >= 11 is 0. The van der Waals surface area contributed by atoms with E-state index in [4.69, 9.17) is 4.74 Å². The Kier molecular flexibility index (Phi) is 1.08. The van der Waals surface area contributed by atoms with Gasteiger partial charge in [-0.15, -0.1) is 0 Å². The molecule has 1 aliphatic heterocycles. The molecular formula is C6H11O. The van der Waals surface area contributed by atoms with Gasteiger partial charge in [0.15, 0.2) is 0 Å². The molecule has 0 aliphatic carbocycles. The third kappa shape index (κ3) is 0.942. The molecule has 1 radical (unpaired) electrons. The van der Waals surface area contributed by atoms with Gasteiger partial charge in [-0.25, -0.2) is 0 Å². The monoisotopic (exact) mass is 99.1 g/mol. The molecule has 1 nitrogen and oxygen atoms in total. The Labute approximate surface area is 44.7 Å². The van der Waals surface area contributed by atoms with Crippen molar-refractivity contribution < 1.29 is 4.74 Å². The standard InChI is InChI=1S/C6H11O/c1-4(2)6-5(3)7-6/h5-6H,1-3H3. The molecule has 0 N–H and O–H groups in total. The normalized spacial score (nSPS) is 39.4. The second-order valence-electron chi connectivity index (χ2n) is 2.34. The molecule has 1 rings (SSSR count). The highest BCUT2D eigenvalue weighted by atomic mass is 16.6. The van der Waals surface area contributed by atoms with Crippen molar-refractivity contribution in [1.82, 2.24) is 0 Å². The molecule has 0 aromatic rings. The van der Waals surface area contributed by atoms with Crippen LogP contribution in [0.5, 0.6) is 0 Å². The number of hydrogen-bond acceptors (Lipinski definition) is 1. The van der Waals surface area contributed by atoms with Crippen LogP contribution in [0.1, 0.15) is 20.8 Å². The minimum Gasteiger partial charge on any atom is -0.369 e. The van der Waals surface area contributed by atoms with Crippen molar-refractivity contribution in [3.63, 3.8) is 0 Å². The highest BCUT2D eigenvalue weighted by molar-refractivity contribution is 5.01. The van der Waals surface area contributed by atoms with Crippen LogP contribution in [0.3, 0.4) is 0 Å². The van der Waals surface area contributed by atoms with Crippen LogP contribution in [0.2, 0.25) is 0 Å². The highest BCUT2D eigenvalue weighted by Gasteiger charge is 2.36. The highest BCUT2D eigenvalue weighted by Crippen LogP contribution is 2.29. The van der Waals surface area contributed by atoms with Crippen molar-refractivity contribution in [1.29, 1.82) is 0 Å². The molecule has 41 valence electrons. The van der Waals surface area contributed by atoms with Crippen LogP contribution in [-0.4, -0.2) is 12.2 Å². The zero-order valence-electron chi connectivity index (χ0n) is 5.06. The van der Waals surface area contributed by atoms with Crippen molar-refractivity contribution in [3.8, 4) is 0 Å². The van der Waals surface area contributed by atoms with E-state index in [1.165, 1.54) is 5.92 Å². The van der Waals surface area contributed by atoms with Crippen LogP contribution in [0, 0.1) is 5.92 Å². The van der Waals surface area contributed by atoms with Crippen molar-refractivity contribution in [2.24, 2.45) is 0 Å². The second-order valence-corrected chi connectivity index (χ2v) is 2.34. The van der Waals surface area contributed by atoms with Crippen LogP contribution in [-0.2, 0) is 4.74 Å². The predicted molar refractivity (Wildman–Crippen MR) is 28.9 cm³/mol. The minimum absolute atomic E-state index is 0.486. The first-order valence-electron chi connectivity index (χ1n) is 2.67. The van der Waals surface area contributed by atoms with E-state index in [0.29, 0.717) is 12.2 Å². The summed E-state index contributed by atoms with van der Waals surface area (Å²) in [5.41, 5.74) is 0. The summed E-state index contributed by atoms with van der Waals surface area (Å²) in [6, 6.07) is 0. The van der Waals surface area contributed by atoms with Gasteiger partial charge in [-0.2, -0.15) is 0 Å².